The van der Waals surface area contributed by atoms with Crippen LogP contribution in [0.5, 0.6) is 0 Å². The minimum atomic E-state index is -1.05. The number of amides is 4. The molecule has 2 atom stereocenters. The average molecular weight is 1030 g/mol. The number of nitrogens with two attached hydrogens (primary N) is 1. The Labute approximate surface area is 428 Å². The molecule has 0 saturated carbocycles. The lowest BCUT2D eigenvalue weighted by molar-refractivity contribution is -0.383. The van der Waals surface area contributed by atoms with Gasteiger partial charge < -0.3 is 37.2 Å². The molecule has 0 fully saturated rings. The number of nitrogens with one attached hydrogen (secondary N) is 4. The van der Waals surface area contributed by atoms with E-state index in [9.17, 15) is 57.9 Å². The van der Waals surface area contributed by atoms with Gasteiger partial charge in [-0.1, -0.05) is 36.4 Å². The molecule has 0 unspecified atom stereocenters. The molecule has 10 rings (SSSR count). The molecule has 8 aromatic rings. The summed E-state index contributed by atoms with van der Waals surface area (Å²) in [6.07, 6.45) is 4.59. The average Bonchev–Trinajstić information content (AvgIpc) is 4.22. The molecule has 76 heavy (non-hydrogen) atoms. The van der Waals surface area contributed by atoms with Gasteiger partial charge in [0.05, 0.1) is 40.0 Å². The minimum Gasteiger partial charge on any atom is -0.478 e. The molecule has 4 heterocycles. The number of carbonyl (C=O) groups excluding carboxylic acids is 4. The number of hydrogen-bond acceptors (Lipinski definition) is 13. The first-order chi connectivity index (χ1) is 36.3. The number of nitrogens with zero attached hydrogens (tertiary/aromatic N) is 7. The van der Waals surface area contributed by atoms with Crippen molar-refractivity contribution in [2.45, 2.75) is 64.7 Å². The fourth-order valence-corrected chi connectivity index (χ4v) is 9.06. The van der Waals surface area contributed by atoms with Crippen LogP contribution in [0.3, 0.4) is 0 Å². The van der Waals surface area contributed by atoms with Crippen molar-refractivity contribution in [1.29, 1.82) is 0 Å². The quantitative estimate of drug-likeness (QED) is 0.0519. The summed E-state index contributed by atoms with van der Waals surface area (Å²) >= 11 is 0. The van der Waals surface area contributed by atoms with Crippen LogP contribution >= 0.6 is 0 Å². The molecule has 4 aromatic heterocycles. The minimum absolute atomic E-state index is 0.0157. The van der Waals surface area contributed by atoms with Crippen molar-refractivity contribution in [3.05, 3.63) is 197 Å². The second-order valence-corrected chi connectivity index (χ2v) is 18.0. The number of aromatic nitrogens is 6. The molecule has 22 nitrogen and oxygen atoms in total. The number of hydrogen-bond donors (Lipinski definition) is 7. The van der Waals surface area contributed by atoms with Gasteiger partial charge in [0.15, 0.2) is 5.65 Å². The van der Waals surface area contributed by atoms with Crippen LogP contribution in [0.1, 0.15) is 132 Å². The smallest absolute Gasteiger partial charge is 0.335 e. The van der Waals surface area contributed by atoms with Crippen molar-refractivity contribution in [3.8, 4) is 0 Å². The zero-order valence-electron chi connectivity index (χ0n) is 40.3. The van der Waals surface area contributed by atoms with Crippen LogP contribution in [-0.4, -0.2) is 79.9 Å². The highest BCUT2D eigenvalue weighted by atomic mass is 19.1. The summed E-state index contributed by atoms with van der Waals surface area (Å²) in [5.74, 6) is -5.14. The van der Waals surface area contributed by atoms with E-state index in [1.165, 1.54) is 53.2 Å². The number of carbonyl (C=O) groups is 6. The van der Waals surface area contributed by atoms with E-state index in [1.54, 1.807) is 56.3 Å². The Kier molecular flexibility index (Phi) is 14.0. The third-order valence-electron chi connectivity index (χ3n) is 13.0. The molecule has 4 amide bonds. The van der Waals surface area contributed by atoms with E-state index >= 15 is 0 Å². The lowest BCUT2D eigenvalue weighted by Crippen LogP contribution is -2.30. The molecule has 0 saturated heterocycles. The molecule has 0 radical (unpaired) electrons. The van der Waals surface area contributed by atoms with Crippen molar-refractivity contribution >= 4 is 58.2 Å². The zero-order chi connectivity index (χ0) is 54.1. The zero-order valence-corrected chi connectivity index (χ0v) is 40.3. The molecule has 24 heteroatoms. The highest BCUT2D eigenvalue weighted by Gasteiger charge is 2.30. The number of rotatable bonds is 13. The molecule has 2 aliphatic rings. The Bertz CT molecular complexity index is 3750. The Balaban J connectivity index is 0.000000186. The number of nitrogen functional groups attached to an aromatic ring is 1. The molecule has 0 spiro atoms. The molecular weight excluding hydrogens is 991 g/mol. The van der Waals surface area contributed by atoms with Crippen LogP contribution in [0.25, 0.3) is 11.3 Å². The third kappa shape index (κ3) is 10.4. The van der Waals surface area contributed by atoms with E-state index in [0.717, 1.165) is 33.0 Å². The summed E-state index contributed by atoms with van der Waals surface area (Å²) < 4.78 is 29.4. The first kappa shape index (κ1) is 50.9. The van der Waals surface area contributed by atoms with Crippen molar-refractivity contribution in [1.82, 2.24) is 50.5 Å². The summed E-state index contributed by atoms with van der Waals surface area (Å²) in [4.78, 5) is 94.4. The largest absolute Gasteiger partial charge is 0.478 e. The standard InChI is InChI=1S/C26H21FN6O6.C26H23FN6O4/c1-13-8-14(2-6-18(13)27)11-28-25(35)21-10-20(30-23-22(33(38)39)12-29-32(21)23)24(34)31-19-7-4-15-9-16(26(36)37)3-5-17(15)19;1-13-8-14(2-6-18(13)27)11-29-25(35)22-10-21(31-23-19(28)12-30-33(22)23)24(34)32-20-7-4-15-9-16(26(36)37)3-5-17(15)20/h2-3,5-6,8-10,12,19H,4,7,11H2,1H3,(H,28,35)(H,31,34)(H,36,37);2-3,5-6,8-10,12,20H,4,7,11,28H2,1H3,(H,29,35)(H,32,34)(H,36,37)/t19-;20-/m00/s1. The van der Waals surface area contributed by atoms with Gasteiger partial charge in [-0.15, -0.1) is 0 Å². The van der Waals surface area contributed by atoms with Gasteiger partial charge in [-0.2, -0.15) is 10.2 Å². The van der Waals surface area contributed by atoms with Gasteiger partial charge in [0, 0.05) is 25.2 Å². The van der Waals surface area contributed by atoms with Gasteiger partial charge in [0.2, 0.25) is 5.65 Å². The maximum atomic E-state index is 13.6. The highest BCUT2D eigenvalue weighted by molar-refractivity contribution is 6.00. The van der Waals surface area contributed by atoms with Gasteiger partial charge >= 0.3 is 17.6 Å². The van der Waals surface area contributed by atoms with Crippen LogP contribution in [0.2, 0.25) is 0 Å². The number of halogens is 2. The van der Waals surface area contributed by atoms with Crippen LogP contribution in [0.15, 0.2) is 97.3 Å². The summed E-state index contributed by atoms with van der Waals surface area (Å²) in [5, 5.41) is 49.2. The maximum Gasteiger partial charge on any atom is 0.335 e. The van der Waals surface area contributed by atoms with Gasteiger partial charge in [-0.3, -0.25) is 29.3 Å². The Morgan fingerprint density at radius 2 is 1.09 bits per heavy atom. The van der Waals surface area contributed by atoms with E-state index in [2.05, 4.69) is 41.4 Å². The van der Waals surface area contributed by atoms with E-state index in [4.69, 9.17) is 5.73 Å². The summed E-state index contributed by atoms with van der Waals surface area (Å²) in [7, 11) is 0. The lowest BCUT2D eigenvalue weighted by Gasteiger charge is -2.15. The molecule has 0 bridgehead atoms. The molecule has 0 aliphatic heterocycles. The normalized spacial score (nSPS) is 14.3. The van der Waals surface area contributed by atoms with Crippen LogP contribution in [-0.2, 0) is 25.9 Å². The first-order valence-electron chi connectivity index (χ1n) is 23.4. The van der Waals surface area contributed by atoms with Crippen molar-refractivity contribution < 1.29 is 52.7 Å². The van der Waals surface area contributed by atoms with Crippen LogP contribution < -0.4 is 27.0 Å². The topological polar surface area (TPSA) is 321 Å². The molecule has 4 aromatic carbocycles. The molecule has 386 valence electrons. The SMILES string of the molecule is Cc1cc(CNC(=O)c2cc(C(=O)N[C@H]3CCc4cc(C(=O)O)ccc43)nc3c(N)cnn23)ccc1F.Cc1cc(CNC(=O)c2cc(C(=O)N[C@H]3CCc4cc(C(=O)O)ccc43)nc3c([N+](=O)[O-])cnn23)ccc1F. The molecule has 8 N–H and O–H groups in total. The summed E-state index contributed by atoms with van der Waals surface area (Å²) in [5.41, 5.74) is 11.0. The van der Waals surface area contributed by atoms with Crippen LogP contribution in [0.4, 0.5) is 20.2 Å². The van der Waals surface area contributed by atoms with Crippen LogP contribution in [0, 0.1) is 35.6 Å². The van der Waals surface area contributed by atoms with Gasteiger partial charge in [0.1, 0.15) is 40.6 Å². The number of fused-ring (bicyclic) bond motifs is 4. The second-order valence-electron chi connectivity index (χ2n) is 18.0. The second kappa shape index (κ2) is 20.9. The van der Waals surface area contributed by atoms with Gasteiger partial charge in [-0.25, -0.2) is 37.4 Å². The fraction of sp³-hybridized carbons (Fsp3) is 0.192. The predicted molar refractivity (Wildman–Crippen MR) is 266 cm³/mol. The number of aryl methyl sites for hydroxylation is 4. The van der Waals surface area contributed by atoms with Gasteiger partial charge in [-0.05, 0) is 120 Å². The number of carboxylic acids is 2. The van der Waals surface area contributed by atoms with Gasteiger partial charge in [0.25, 0.3) is 23.6 Å². The fourth-order valence-electron chi connectivity index (χ4n) is 9.06. The third-order valence-corrected chi connectivity index (χ3v) is 13.0. The van der Waals surface area contributed by atoms with Crippen molar-refractivity contribution in [2.75, 3.05) is 5.73 Å². The maximum absolute atomic E-state index is 13.6. The Morgan fingerprint density at radius 3 is 1.54 bits per heavy atom. The van der Waals surface area contributed by atoms with Crippen molar-refractivity contribution in [2.24, 2.45) is 0 Å². The number of anilines is 1. The summed E-state index contributed by atoms with van der Waals surface area (Å²) in [6.45, 7) is 3.40. The number of benzene rings is 4. The van der Waals surface area contributed by atoms with E-state index in [1.807, 2.05) is 0 Å². The van der Waals surface area contributed by atoms with E-state index in [-0.39, 0.29) is 81.7 Å². The first-order valence-corrected chi connectivity index (χ1v) is 23.4. The Morgan fingerprint density at radius 1 is 0.645 bits per heavy atom. The van der Waals surface area contributed by atoms with E-state index < -0.39 is 52.2 Å². The van der Waals surface area contributed by atoms with E-state index in [0.29, 0.717) is 47.9 Å². The predicted octanol–water partition coefficient (Wildman–Crippen LogP) is 5.94. The lowest BCUT2D eigenvalue weighted by atomic mass is 10.0. The number of aromatic carboxylic acids is 2. The highest BCUT2D eigenvalue weighted by Crippen LogP contribution is 2.34. The number of nitro groups is 1. The Hall–Kier alpha value is -10.0. The summed E-state index contributed by atoms with van der Waals surface area (Å²) in [6, 6.07) is 20.2. The van der Waals surface area contributed by atoms with Crippen molar-refractivity contribution in [3.63, 3.8) is 0 Å². The number of carboxylic acid groups (broad SMARTS) is 2. The molecular formula is C52H44F2N12O10. The monoisotopic (exact) mass is 1030 g/mol. The molecule has 2 aliphatic carbocycles.